The van der Waals surface area contributed by atoms with Crippen LogP contribution in [0.4, 0.5) is 4.79 Å². The molecule has 0 bridgehead atoms. The molecular weight excluding hydrogens is 522 g/mol. The zero-order valence-electron chi connectivity index (χ0n) is 24.0. The standard InChI is InChI=1S/C32H43N3O6/c1-2-40-30(37)17-16-29(36)33-20-10-9-15-28(34-32(39)41-24-27-13-7-4-8-14-27)31(38)35-21-18-26(19-22-35)23-25-11-5-3-6-12-25/h3-8,11-14,26,28H,2,9-10,15-24H2,1H3,(H,33,36)(H,34,39)/t28-/m0/s1. The van der Waals surface area contributed by atoms with Gasteiger partial charge in [0.2, 0.25) is 11.8 Å². The van der Waals surface area contributed by atoms with E-state index >= 15 is 0 Å². The monoisotopic (exact) mass is 565 g/mol. The average molecular weight is 566 g/mol. The van der Waals surface area contributed by atoms with E-state index in [4.69, 9.17) is 9.47 Å². The van der Waals surface area contributed by atoms with Crippen molar-refractivity contribution < 1.29 is 28.7 Å². The Morgan fingerprint density at radius 1 is 0.878 bits per heavy atom. The number of carbonyl (C=O) groups excluding carboxylic acids is 4. The fourth-order valence-corrected chi connectivity index (χ4v) is 4.93. The second-order valence-corrected chi connectivity index (χ2v) is 10.4. The summed E-state index contributed by atoms with van der Waals surface area (Å²) in [7, 11) is 0. The van der Waals surface area contributed by atoms with Crippen molar-refractivity contribution in [3.63, 3.8) is 0 Å². The summed E-state index contributed by atoms with van der Waals surface area (Å²) < 4.78 is 10.2. The van der Waals surface area contributed by atoms with Gasteiger partial charge in [0.1, 0.15) is 12.6 Å². The number of ether oxygens (including phenoxy) is 2. The highest BCUT2D eigenvalue weighted by Gasteiger charge is 2.29. The van der Waals surface area contributed by atoms with E-state index in [1.807, 2.05) is 41.3 Å². The lowest BCUT2D eigenvalue weighted by atomic mass is 9.90. The van der Waals surface area contributed by atoms with Crippen LogP contribution in [0.15, 0.2) is 60.7 Å². The summed E-state index contributed by atoms with van der Waals surface area (Å²) in [5.41, 5.74) is 2.18. The summed E-state index contributed by atoms with van der Waals surface area (Å²) in [5.74, 6) is -0.181. The molecule has 9 nitrogen and oxygen atoms in total. The van der Waals surface area contributed by atoms with Crippen LogP contribution in [-0.2, 0) is 36.9 Å². The number of amides is 3. The maximum atomic E-state index is 13.5. The number of hydrogen-bond donors (Lipinski definition) is 2. The number of rotatable bonds is 15. The van der Waals surface area contributed by atoms with Gasteiger partial charge in [0.25, 0.3) is 0 Å². The van der Waals surface area contributed by atoms with Gasteiger partial charge in [-0.25, -0.2) is 4.79 Å². The minimum atomic E-state index is -0.705. The van der Waals surface area contributed by atoms with Crippen LogP contribution in [0.5, 0.6) is 0 Å². The molecule has 3 rings (SSSR count). The van der Waals surface area contributed by atoms with Crippen molar-refractivity contribution in [1.29, 1.82) is 0 Å². The van der Waals surface area contributed by atoms with Crippen LogP contribution in [0, 0.1) is 5.92 Å². The first-order valence-corrected chi connectivity index (χ1v) is 14.7. The Balaban J connectivity index is 1.46. The molecule has 222 valence electrons. The number of nitrogens with zero attached hydrogens (tertiary/aromatic N) is 1. The Hall–Kier alpha value is -3.88. The van der Waals surface area contributed by atoms with Crippen molar-refractivity contribution in [3.05, 3.63) is 71.8 Å². The van der Waals surface area contributed by atoms with Gasteiger partial charge in [-0.05, 0) is 62.5 Å². The summed E-state index contributed by atoms with van der Waals surface area (Å²) in [4.78, 5) is 51.4. The number of alkyl carbamates (subject to hydrolysis) is 1. The number of unbranched alkanes of at least 4 members (excludes halogenated alkanes) is 1. The molecule has 0 spiro atoms. The molecule has 1 aliphatic rings. The van der Waals surface area contributed by atoms with Gasteiger partial charge < -0.3 is 25.0 Å². The lowest BCUT2D eigenvalue weighted by Crippen LogP contribution is -2.51. The lowest BCUT2D eigenvalue weighted by molar-refractivity contribution is -0.144. The second kappa shape index (κ2) is 17.7. The predicted molar refractivity (Wildman–Crippen MR) is 156 cm³/mol. The maximum absolute atomic E-state index is 13.5. The minimum Gasteiger partial charge on any atom is -0.466 e. The highest BCUT2D eigenvalue weighted by atomic mass is 16.5. The largest absolute Gasteiger partial charge is 0.466 e. The molecule has 0 saturated carbocycles. The van der Waals surface area contributed by atoms with Crippen molar-refractivity contribution >= 4 is 23.9 Å². The van der Waals surface area contributed by atoms with E-state index in [1.54, 1.807) is 6.92 Å². The van der Waals surface area contributed by atoms with Gasteiger partial charge in [0, 0.05) is 26.1 Å². The topological polar surface area (TPSA) is 114 Å². The zero-order valence-corrected chi connectivity index (χ0v) is 24.0. The zero-order chi connectivity index (χ0) is 29.3. The normalized spacial score (nSPS) is 14.1. The first-order valence-electron chi connectivity index (χ1n) is 14.7. The molecule has 1 heterocycles. The number of likely N-dealkylation sites (tertiary alicyclic amines) is 1. The van der Waals surface area contributed by atoms with Crippen molar-refractivity contribution in [2.24, 2.45) is 5.92 Å². The van der Waals surface area contributed by atoms with Gasteiger partial charge in [-0.1, -0.05) is 60.7 Å². The van der Waals surface area contributed by atoms with Crippen LogP contribution >= 0.6 is 0 Å². The number of piperidine rings is 1. The molecule has 9 heteroatoms. The first kappa shape index (κ1) is 31.6. The molecule has 2 N–H and O–H groups in total. The molecule has 0 aliphatic carbocycles. The molecule has 3 amide bonds. The summed E-state index contributed by atoms with van der Waals surface area (Å²) in [6.07, 6.45) is 4.03. The van der Waals surface area contributed by atoms with Crippen LogP contribution in [-0.4, -0.2) is 61.1 Å². The number of hydrogen-bond acceptors (Lipinski definition) is 6. The predicted octanol–water partition coefficient (Wildman–Crippen LogP) is 4.39. The summed E-state index contributed by atoms with van der Waals surface area (Å²) in [6, 6.07) is 19.1. The molecule has 1 saturated heterocycles. The Labute approximate surface area is 243 Å². The third kappa shape index (κ3) is 12.0. The van der Waals surface area contributed by atoms with Crippen molar-refractivity contribution in [3.8, 4) is 0 Å². The number of esters is 1. The highest BCUT2D eigenvalue weighted by molar-refractivity contribution is 5.85. The van der Waals surface area contributed by atoms with E-state index < -0.39 is 18.1 Å². The third-order valence-corrected chi connectivity index (χ3v) is 7.20. The van der Waals surface area contributed by atoms with Gasteiger partial charge in [0.05, 0.1) is 13.0 Å². The SMILES string of the molecule is CCOC(=O)CCC(=O)NCCCC[C@H](NC(=O)OCc1ccccc1)C(=O)N1CCC(Cc2ccccc2)CC1. The molecule has 0 radical (unpaired) electrons. The fourth-order valence-electron chi connectivity index (χ4n) is 4.93. The molecule has 1 aliphatic heterocycles. The van der Waals surface area contributed by atoms with E-state index in [1.165, 1.54) is 5.56 Å². The van der Waals surface area contributed by atoms with E-state index in [9.17, 15) is 19.2 Å². The van der Waals surface area contributed by atoms with Crippen molar-refractivity contribution in [1.82, 2.24) is 15.5 Å². The maximum Gasteiger partial charge on any atom is 0.408 e. The van der Waals surface area contributed by atoms with Crippen LogP contribution in [0.3, 0.4) is 0 Å². The Bertz CT molecular complexity index is 1090. The number of carbonyl (C=O) groups is 4. The average Bonchev–Trinajstić information content (AvgIpc) is 2.99. The van der Waals surface area contributed by atoms with Gasteiger partial charge in [0.15, 0.2) is 0 Å². The van der Waals surface area contributed by atoms with Crippen molar-refractivity contribution in [2.75, 3.05) is 26.2 Å². The van der Waals surface area contributed by atoms with Gasteiger partial charge >= 0.3 is 12.1 Å². The van der Waals surface area contributed by atoms with Crippen LogP contribution in [0.2, 0.25) is 0 Å². The summed E-state index contributed by atoms with van der Waals surface area (Å²) in [5, 5.41) is 5.59. The van der Waals surface area contributed by atoms with Crippen LogP contribution in [0.1, 0.15) is 63.0 Å². The van der Waals surface area contributed by atoms with Gasteiger partial charge in [-0.3, -0.25) is 14.4 Å². The first-order chi connectivity index (χ1) is 19.9. The molecule has 41 heavy (non-hydrogen) atoms. The summed E-state index contributed by atoms with van der Waals surface area (Å²) >= 11 is 0. The quantitative estimate of drug-likeness (QED) is 0.245. The molecule has 0 unspecified atom stereocenters. The number of benzene rings is 2. The van der Waals surface area contributed by atoms with Gasteiger partial charge in [-0.2, -0.15) is 0 Å². The van der Waals surface area contributed by atoms with Crippen molar-refractivity contribution in [2.45, 2.75) is 70.9 Å². The molecule has 2 aromatic carbocycles. The molecule has 0 aromatic heterocycles. The van der Waals surface area contributed by atoms with E-state index in [2.05, 4.69) is 34.9 Å². The van der Waals surface area contributed by atoms with E-state index in [0.29, 0.717) is 51.4 Å². The highest BCUT2D eigenvalue weighted by Crippen LogP contribution is 2.22. The summed E-state index contributed by atoms with van der Waals surface area (Å²) in [6.45, 7) is 3.87. The molecular formula is C32H43N3O6. The van der Waals surface area contributed by atoms with E-state index in [-0.39, 0.29) is 31.3 Å². The molecule has 1 atom stereocenters. The fraction of sp³-hybridized carbons (Fsp3) is 0.500. The minimum absolute atomic E-state index is 0.0489. The molecule has 1 fully saturated rings. The lowest BCUT2D eigenvalue weighted by Gasteiger charge is -2.34. The molecule has 2 aromatic rings. The van der Waals surface area contributed by atoms with Gasteiger partial charge in [-0.15, -0.1) is 0 Å². The Kier molecular flexibility index (Phi) is 13.7. The number of nitrogens with one attached hydrogen (secondary N) is 2. The Morgan fingerprint density at radius 2 is 1.54 bits per heavy atom. The van der Waals surface area contributed by atoms with Crippen LogP contribution in [0.25, 0.3) is 0 Å². The van der Waals surface area contributed by atoms with Crippen LogP contribution < -0.4 is 10.6 Å². The van der Waals surface area contributed by atoms with E-state index in [0.717, 1.165) is 24.8 Å². The second-order valence-electron chi connectivity index (χ2n) is 10.4. The smallest absolute Gasteiger partial charge is 0.408 e. The third-order valence-electron chi connectivity index (χ3n) is 7.20. The Morgan fingerprint density at radius 3 is 2.20 bits per heavy atom.